The molecule has 0 radical (unpaired) electrons. The topological polar surface area (TPSA) is 30.5 Å². The Kier molecular flexibility index (Phi) is 5.76. The smallest absolute Gasteiger partial charge is 0.162 e. The molecule has 21 heavy (non-hydrogen) atoms. The normalized spacial score (nSPS) is 10.2. The SMILES string of the molecule is COc1cc(Cl)c(NCCCc2ccccc2)cc1OC. The van der Waals surface area contributed by atoms with Gasteiger partial charge < -0.3 is 14.8 Å². The summed E-state index contributed by atoms with van der Waals surface area (Å²) in [6.45, 7) is 0.851. The van der Waals surface area contributed by atoms with Crippen LogP contribution in [0.5, 0.6) is 11.5 Å². The third kappa shape index (κ3) is 4.30. The molecule has 0 heterocycles. The van der Waals surface area contributed by atoms with E-state index in [0.717, 1.165) is 25.1 Å². The molecule has 3 nitrogen and oxygen atoms in total. The molecule has 0 bridgehead atoms. The summed E-state index contributed by atoms with van der Waals surface area (Å²) >= 11 is 6.23. The summed E-state index contributed by atoms with van der Waals surface area (Å²) in [5.41, 5.74) is 2.21. The highest BCUT2D eigenvalue weighted by molar-refractivity contribution is 6.33. The molecule has 1 N–H and O–H groups in total. The lowest BCUT2D eigenvalue weighted by Crippen LogP contribution is -2.04. The minimum absolute atomic E-state index is 0.632. The van der Waals surface area contributed by atoms with Crippen LogP contribution in [0.2, 0.25) is 5.02 Å². The molecule has 2 aromatic rings. The highest BCUT2D eigenvalue weighted by Gasteiger charge is 2.09. The molecule has 0 aromatic heterocycles. The molecule has 0 aliphatic carbocycles. The number of aryl methyl sites for hydroxylation is 1. The van der Waals surface area contributed by atoms with Gasteiger partial charge in [0, 0.05) is 18.7 Å². The van der Waals surface area contributed by atoms with Crippen LogP contribution in [0, 0.1) is 0 Å². The van der Waals surface area contributed by atoms with Gasteiger partial charge in [-0.25, -0.2) is 0 Å². The minimum Gasteiger partial charge on any atom is -0.493 e. The van der Waals surface area contributed by atoms with Gasteiger partial charge in [0.1, 0.15) is 0 Å². The van der Waals surface area contributed by atoms with Crippen LogP contribution >= 0.6 is 11.6 Å². The molecule has 2 aromatic carbocycles. The number of methoxy groups -OCH3 is 2. The summed E-state index contributed by atoms with van der Waals surface area (Å²) in [6.07, 6.45) is 2.08. The van der Waals surface area contributed by atoms with Crippen LogP contribution in [0.1, 0.15) is 12.0 Å². The lowest BCUT2D eigenvalue weighted by atomic mass is 10.1. The lowest BCUT2D eigenvalue weighted by Gasteiger charge is -2.13. The molecule has 0 fully saturated rings. The fourth-order valence-electron chi connectivity index (χ4n) is 2.15. The van der Waals surface area contributed by atoms with Crippen molar-refractivity contribution in [2.75, 3.05) is 26.1 Å². The molecule has 0 amide bonds. The van der Waals surface area contributed by atoms with Crippen molar-refractivity contribution in [1.29, 1.82) is 0 Å². The fourth-order valence-corrected chi connectivity index (χ4v) is 2.37. The maximum Gasteiger partial charge on any atom is 0.162 e. The number of anilines is 1. The van der Waals surface area contributed by atoms with Gasteiger partial charge in [0.25, 0.3) is 0 Å². The second-order valence-electron chi connectivity index (χ2n) is 4.70. The Balaban J connectivity index is 1.91. The van der Waals surface area contributed by atoms with E-state index in [-0.39, 0.29) is 0 Å². The first-order chi connectivity index (χ1) is 10.2. The summed E-state index contributed by atoms with van der Waals surface area (Å²) < 4.78 is 10.5. The van der Waals surface area contributed by atoms with Crippen molar-refractivity contribution in [2.24, 2.45) is 0 Å². The Labute approximate surface area is 130 Å². The van der Waals surface area contributed by atoms with Gasteiger partial charge in [-0.15, -0.1) is 0 Å². The highest BCUT2D eigenvalue weighted by Crippen LogP contribution is 2.35. The van der Waals surface area contributed by atoms with E-state index < -0.39 is 0 Å². The molecule has 0 saturated heterocycles. The summed E-state index contributed by atoms with van der Waals surface area (Å²) in [7, 11) is 3.21. The molecule has 4 heteroatoms. The molecule has 0 spiro atoms. The molecular weight excluding hydrogens is 286 g/mol. The first-order valence-corrected chi connectivity index (χ1v) is 7.31. The molecule has 0 aliphatic heterocycles. The van der Waals surface area contributed by atoms with Crippen LogP contribution in [0.3, 0.4) is 0 Å². The fraction of sp³-hybridized carbons (Fsp3) is 0.294. The van der Waals surface area contributed by atoms with Crippen LogP contribution in [0.15, 0.2) is 42.5 Å². The number of benzene rings is 2. The maximum absolute atomic E-state index is 6.23. The van der Waals surface area contributed by atoms with Crippen molar-refractivity contribution in [3.8, 4) is 11.5 Å². The zero-order valence-corrected chi connectivity index (χ0v) is 13.1. The van der Waals surface area contributed by atoms with Crippen molar-refractivity contribution in [3.63, 3.8) is 0 Å². The van der Waals surface area contributed by atoms with Gasteiger partial charge in [-0.3, -0.25) is 0 Å². The summed E-state index contributed by atoms with van der Waals surface area (Å²) in [6, 6.07) is 14.1. The van der Waals surface area contributed by atoms with Crippen LogP contribution < -0.4 is 14.8 Å². The van der Waals surface area contributed by atoms with Gasteiger partial charge in [-0.1, -0.05) is 41.9 Å². The Hall–Kier alpha value is -1.87. The lowest BCUT2D eigenvalue weighted by molar-refractivity contribution is 0.355. The highest BCUT2D eigenvalue weighted by atomic mass is 35.5. The largest absolute Gasteiger partial charge is 0.493 e. The Morgan fingerprint density at radius 1 is 1.00 bits per heavy atom. The van der Waals surface area contributed by atoms with Gasteiger partial charge in [-0.2, -0.15) is 0 Å². The number of nitrogens with one attached hydrogen (secondary N) is 1. The predicted octanol–water partition coefficient (Wildman–Crippen LogP) is 4.40. The second kappa shape index (κ2) is 7.79. The molecule has 0 aliphatic rings. The van der Waals surface area contributed by atoms with Crippen LogP contribution in [0.4, 0.5) is 5.69 Å². The van der Waals surface area contributed by atoms with E-state index in [1.54, 1.807) is 20.3 Å². The van der Waals surface area contributed by atoms with Gasteiger partial charge in [-0.05, 0) is 18.4 Å². The first kappa shape index (κ1) is 15.5. The second-order valence-corrected chi connectivity index (χ2v) is 5.11. The zero-order chi connectivity index (χ0) is 15.1. The predicted molar refractivity (Wildman–Crippen MR) is 87.8 cm³/mol. The first-order valence-electron chi connectivity index (χ1n) is 6.94. The molecule has 2 rings (SSSR count). The zero-order valence-electron chi connectivity index (χ0n) is 12.4. The molecule has 112 valence electrons. The van der Waals surface area contributed by atoms with E-state index in [0.29, 0.717) is 16.5 Å². The summed E-state index contributed by atoms with van der Waals surface area (Å²) in [5, 5.41) is 3.97. The van der Waals surface area contributed by atoms with Crippen molar-refractivity contribution < 1.29 is 9.47 Å². The van der Waals surface area contributed by atoms with E-state index in [2.05, 4.69) is 29.6 Å². The van der Waals surface area contributed by atoms with Gasteiger partial charge in [0.2, 0.25) is 0 Å². The molecule has 0 saturated carbocycles. The third-order valence-corrected chi connectivity index (χ3v) is 3.59. The van der Waals surface area contributed by atoms with E-state index in [9.17, 15) is 0 Å². The number of hydrogen-bond acceptors (Lipinski definition) is 3. The van der Waals surface area contributed by atoms with Crippen LogP contribution in [-0.4, -0.2) is 20.8 Å². The molecule has 0 atom stereocenters. The Morgan fingerprint density at radius 2 is 1.67 bits per heavy atom. The summed E-state index contributed by atoms with van der Waals surface area (Å²) in [5.74, 6) is 1.31. The van der Waals surface area contributed by atoms with Crippen molar-refractivity contribution >= 4 is 17.3 Å². The van der Waals surface area contributed by atoms with E-state index in [1.165, 1.54) is 5.56 Å². The standard InChI is InChI=1S/C17H20ClNO2/c1-20-16-11-14(18)15(12-17(16)21-2)19-10-6-9-13-7-4-3-5-8-13/h3-5,7-8,11-12,19H,6,9-10H2,1-2H3. The number of hydrogen-bond donors (Lipinski definition) is 1. The molecular formula is C17H20ClNO2. The number of ether oxygens (including phenoxy) is 2. The van der Waals surface area contributed by atoms with Gasteiger partial charge in [0.05, 0.1) is 24.9 Å². The van der Waals surface area contributed by atoms with E-state index in [1.807, 2.05) is 12.1 Å². The van der Waals surface area contributed by atoms with Crippen molar-refractivity contribution in [3.05, 3.63) is 53.1 Å². The van der Waals surface area contributed by atoms with E-state index in [4.69, 9.17) is 21.1 Å². The molecule has 0 unspecified atom stereocenters. The van der Waals surface area contributed by atoms with Gasteiger partial charge in [0.15, 0.2) is 11.5 Å². The van der Waals surface area contributed by atoms with Crippen LogP contribution in [-0.2, 0) is 6.42 Å². The summed E-state index contributed by atoms with van der Waals surface area (Å²) in [4.78, 5) is 0. The Bertz CT molecular complexity index is 573. The quantitative estimate of drug-likeness (QED) is 0.769. The van der Waals surface area contributed by atoms with E-state index >= 15 is 0 Å². The van der Waals surface area contributed by atoms with Crippen LogP contribution in [0.25, 0.3) is 0 Å². The Morgan fingerprint density at radius 3 is 2.33 bits per heavy atom. The minimum atomic E-state index is 0.632. The third-order valence-electron chi connectivity index (χ3n) is 3.27. The van der Waals surface area contributed by atoms with Gasteiger partial charge >= 0.3 is 0 Å². The average Bonchev–Trinajstić information content (AvgIpc) is 2.53. The van der Waals surface area contributed by atoms with Crippen molar-refractivity contribution in [2.45, 2.75) is 12.8 Å². The average molecular weight is 306 g/mol. The van der Waals surface area contributed by atoms with Crippen molar-refractivity contribution in [1.82, 2.24) is 0 Å². The maximum atomic E-state index is 6.23. The number of halogens is 1. The monoisotopic (exact) mass is 305 g/mol. The number of rotatable bonds is 7.